The third kappa shape index (κ3) is 2.08. The van der Waals surface area contributed by atoms with Crippen LogP contribution in [0.4, 0.5) is 0 Å². The van der Waals surface area contributed by atoms with Gasteiger partial charge in [-0.15, -0.1) is 0 Å². The van der Waals surface area contributed by atoms with Gasteiger partial charge >= 0.3 is 0 Å². The number of hydrogen-bond donors (Lipinski definition) is 0. The Morgan fingerprint density at radius 2 is 2.00 bits per heavy atom. The maximum absolute atomic E-state index is 12.1. The van der Waals surface area contributed by atoms with Gasteiger partial charge in [0.25, 0.3) is 0 Å². The second kappa shape index (κ2) is 4.30. The normalized spacial score (nSPS) is 20.5. The minimum Gasteiger partial charge on any atom is -0.359 e. The van der Waals surface area contributed by atoms with Crippen molar-refractivity contribution >= 4 is 5.91 Å². The van der Waals surface area contributed by atoms with Gasteiger partial charge in [0.2, 0.25) is 5.91 Å². The molecule has 1 saturated heterocycles. The number of ether oxygens (including phenoxy) is 1. The summed E-state index contributed by atoms with van der Waals surface area (Å²) in [7, 11) is 0. The zero-order valence-corrected chi connectivity index (χ0v) is 9.67. The molecule has 1 rings (SSSR count). The molecule has 0 atom stereocenters. The molecule has 1 aliphatic heterocycles. The Morgan fingerprint density at radius 1 is 1.43 bits per heavy atom. The van der Waals surface area contributed by atoms with Crippen LogP contribution in [-0.4, -0.2) is 29.7 Å². The lowest BCUT2D eigenvalue weighted by molar-refractivity contribution is -0.139. The fraction of sp³-hybridized carbons (Fsp3) is 0.909. The highest BCUT2D eigenvalue weighted by molar-refractivity contribution is 5.79. The Hall–Kier alpha value is -0.570. The molecule has 14 heavy (non-hydrogen) atoms. The zero-order valence-electron chi connectivity index (χ0n) is 9.67. The summed E-state index contributed by atoms with van der Waals surface area (Å²) in [5.74, 6) is 0.411. The Kier molecular flexibility index (Phi) is 3.53. The molecule has 0 unspecified atom stereocenters. The van der Waals surface area contributed by atoms with Crippen molar-refractivity contribution < 1.29 is 9.53 Å². The van der Waals surface area contributed by atoms with E-state index in [0.717, 1.165) is 12.8 Å². The molecule has 0 aromatic carbocycles. The van der Waals surface area contributed by atoms with Crippen LogP contribution in [0.5, 0.6) is 0 Å². The SMILES string of the molecule is CCC(CC)C(=O)N1COCC1(C)C. The predicted molar refractivity (Wildman–Crippen MR) is 55.8 cm³/mol. The first-order chi connectivity index (χ1) is 6.53. The Balaban J connectivity index is 2.68. The van der Waals surface area contributed by atoms with Crippen LogP contribution in [0.2, 0.25) is 0 Å². The number of nitrogens with zero attached hydrogens (tertiary/aromatic N) is 1. The standard InChI is InChI=1S/C11H21NO2/c1-5-9(6-2)10(13)12-8-14-7-11(12,3)4/h9H,5-8H2,1-4H3. The quantitative estimate of drug-likeness (QED) is 0.696. The van der Waals surface area contributed by atoms with Gasteiger partial charge in [-0.1, -0.05) is 13.8 Å². The second-order valence-electron chi connectivity index (χ2n) is 4.57. The molecule has 1 amide bonds. The summed E-state index contributed by atoms with van der Waals surface area (Å²) in [4.78, 5) is 13.9. The van der Waals surface area contributed by atoms with Gasteiger partial charge in [-0.25, -0.2) is 0 Å². The molecule has 0 radical (unpaired) electrons. The van der Waals surface area contributed by atoms with Crippen molar-refractivity contribution in [3.63, 3.8) is 0 Å². The fourth-order valence-electron chi connectivity index (χ4n) is 1.86. The van der Waals surface area contributed by atoms with Crippen molar-refractivity contribution in [2.45, 2.75) is 46.1 Å². The van der Waals surface area contributed by atoms with Crippen molar-refractivity contribution in [3.05, 3.63) is 0 Å². The minimum atomic E-state index is -0.125. The fourth-order valence-corrected chi connectivity index (χ4v) is 1.86. The highest BCUT2D eigenvalue weighted by Gasteiger charge is 2.38. The van der Waals surface area contributed by atoms with E-state index < -0.39 is 0 Å². The lowest BCUT2D eigenvalue weighted by Gasteiger charge is -2.31. The highest BCUT2D eigenvalue weighted by Crippen LogP contribution is 2.25. The molecule has 3 heteroatoms. The molecule has 0 spiro atoms. The Labute approximate surface area is 86.4 Å². The molecule has 1 aliphatic rings. The van der Waals surface area contributed by atoms with Gasteiger partial charge in [-0.2, -0.15) is 0 Å². The monoisotopic (exact) mass is 199 g/mol. The molecule has 0 saturated carbocycles. The molecule has 0 aromatic heterocycles. The number of carbonyl (C=O) groups is 1. The van der Waals surface area contributed by atoms with E-state index in [9.17, 15) is 4.79 Å². The molecular weight excluding hydrogens is 178 g/mol. The smallest absolute Gasteiger partial charge is 0.228 e. The van der Waals surface area contributed by atoms with Gasteiger partial charge in [-0.3, -0.25) is 4.79 Å². The average molecular weight is 199 g/mol. The third-order valence-corrected chi connectivity index (χ3v) is 3.01. The second-order valence-corrected chi connectivity index (χ2v) is 4.57. The molecule has 0 bridgehead atoms. The maximum atomic E-state index is 12.1. The van der Waals surface area contributed by atoms with Crippen LogP contribution in [0.25, 0.3) is 0 Å². The minimum absolute atomic E-state index is 0.125. The molecule has 3 nitrogen and oxygen atoms in total. The lowest BCUT2D eigenvalue weighted by atomic mass is 9.98. The molecule has 82 valence electrons. The van der Waals surface area contributed by atoms with Gasteiger partial charge in [-0.05, 0) is 26.7 Å². The van der Waals surface area contributed by atoms with Crippen molar-refractivity contribution in [1.29, 1.82) is 0 Å². The molecule has 0 aromatic rings. The van der Waals surface area contributed by atoms with E-state index >= 15 is 0 Å². The summed E-state index contributed by atoms with van der Waals surface area (Å²) in [6.07, 6.45) is 1.84. The van der Waals surface area contributed by atoms with Crippen LogP contribution in [-0.2, 0) is 9.53 Å². The van der Waals surface area contributed by atoms with E-state index in [1.165, 1.54) is 0 Å². The number of hydrogen-bond acceptors (Lipinski definition) is 2. The van der Waals surface area contributed by atoms with Gasteiger partial charge < -0.3 is 9.64 Å². The largest absolute Gasteiger partial charge is 0.359 e. The third-order valence-electron chi connectivity index (χ3n) is 3.01. The molecule has 0 aliphatic carbocycles. The van der Waals surface area contributed by atoms with E-state index in [1.807, 2.05) is 4.90 Å². The molecule has 1 fully saturated rings. The predicted octanol–water partition coefficient (Wildman–Crippen LogP) is 2.02. The highest BCUT2D eigenvalue weighted by atomic mass is 16.5. The van der Waals surface area contributed by atoms with Gasteiger partial charge in [0, 0.05) is 5.92 Å². The lowest BCUT2D eigenvalue weighted by Crippen LogP contribution is -2.46. The first kappa shape index (κ1) is 11.5. The summed E-state index contributed by atoms with van der Waals surface area (Å²) in [6, 6.07) is 0. The van der Waals surface area contributed by atoms with Crippen molar-refractivity contribution in [3.8, 4) is 0 Å². The Bertz CT molecular complexity index is 209. The van der Waals surface area contributed by atoms with Crippen LogP contribution in [0.15, 0.2) is 0 Å². The first-order valence-corrected chi connectivity index (χ1v) is 5.42. The molecule has 0 N–H and O–H groups in total. The summed E-state index contributed by atoms with van der Waals surface area (Å²) >= 11 is 0. The average Bonchev–Trinajstić information content (AvgIpc) is 2.47. The van der Waals surface area contributed by atoms with E-state index in [1.54, 1.807) is 0 Å². The van der Waals surface area contributed by atoms with E-state index in [-0.39, 0.29) is 17.4 Å². The number of carbonyl (C=O) groups excluding carboxylic acids is 1. The van der Waals surface area contributed by atoms with Crippen molar-refractivity contribution in [2.24, 2.45) is 5.92 Å². The maximum Gasteiger partial charge on any atom is 0.228 e. The summed E-state index contributed by atoms with van der Waals surface area (Å²) in [5, 5.41) is 0. The van der Waals surface area contributed by atoms with E-state index in [2.05, 4.69) is 27.7 Å². The Morgan fingerprint density at radius 3 is 2.36 bits per heavy atom. The summed E-state index contributed by atoms with van der Waals surface area (Å²) in [5.41, 5.74) is -0.125. The van der Waals surface area contributed by atoms with E-state index in [4.69, 9.17) is 4.74 Å². The van der Waals surface area contributed by atoms with Crippen molar-refractivity contribution in [1.82, 2.24) is 4.90 Å². The van der Waals surface area contributed by atoms with Crippen LogP contribution >= 0.6 is 0 Å². The topological polar surface area (TPSA) is 29.5 Å². The first-order valence-electron chi connectivity index (χ1n) is 5.42. The summed E-state index contributed by atoms with van der Waals surface area (Å²) < 4.78 is 5.34. The van der Waals surface area contributed by atoms with Gasteiger partial charge in [0.05, 0.1) is 12.1 Å². The van der Waals surface area contributed by atoms with Crippen LogP contribution < -0.4 is 0 Å². The molecule has 1 heterocycles. The van der Waals surface area contributed by atoms with Crippen LogP contribution in [0.3, 0.4) is 0 Å². The zero-order chi connectivity index (χ0) is 10.8. The summed E-state index contributed by atoms with van der Waals surface area (Å²) in [6.45, 7) is 9.35. The van der Waals surface area contributed by atoms with Crippen LogP contribution in [0, 0.1) is 5.92 Å². The van der Waals surface area contributed by atoms with Crippen molar-refractivity contribution in [2.75, 3.05) is 13.3 Å². The number of amides is 1. The van der Waals surface area contributed by atoms with Gasteiger partial charge in [0.1, 0.15) is 6.73 Å². The molecular formula is C11H21NO2. The van der Waals surface area contributed by atoms with Crippen LogP contribution in [0.1, 0.15) is 40.5 Å². The van der Waals surface area contributed by atoms with E-state index in [0.29, 0.717) is 13.3 Å². The number of rotatable bonds is 3. The van der Waals surface area contributed by atoms with Gasteiger partial charge in [0.15, 0.2) is 0 Å².